The Balaban J connectivity index is 1.59. The Morgan fingerprint density at radius 1 is 1.12 bits per heavy atom. The van der Waals surface area contributed by atoms with Gasteiger partial charge in [-0.15, -0.1) is 0 Å². The molecule has 0 saturated carbocycles. The summed E-state index contributed by atoms with van der Waals surface area (Å²) in [4.78, 5) is 15.9. The topological polar surface area (TPSA) is 50.8 Å². The number of rotatable bonds is 3. The SMILES string of the molecule is COc1cc2c(cc1OC)CN(C1Sc3ccccc3NC1=O)CC2. The molecule has 0 bridgehead atoms. The number of methoxy groups -OCH3 is 2. The van der Waals surface area contributed by atoms with E-state index in [9.17, 15) is 4.79 Å². The van der Waals surface area contributed by atoms with Crippen molar-refractivity contribution in [3.63, 3.8) is 0 Å². The number of amides is 1. The fraction of sp³-hybridized carbons (Fsp3) is 0.316. The third kappa shape index (κ3) is 2.96. The fourth-order valence-corrected chi connectivity index (χ4v) is 4.53. The number of fused-ring (bicyclic) bond motifs is 2. The van der Waals surface area contributed by atoms with Gasteiger partial charge in [-0.2, -0.15) is 0 Å². The molecule has 1 atom stereocenters. The minimum atomic E-state index is -0.212. The number of para-hydroxylation sites is 1. The predicted octanol–water partition coefficient (Wildman–Crippen LogP) is 3.13. The maximum atomic E-state index is 12.6. The van der Waals surface area contributed by atoms with E-state index in [0.29, 0.717) is 0 Å². The zero-order chi connectivity index (χ0) is 17.4. The van der Waals surface area contributed by atoms with Gasteiger partial charge in [-0.1, -0.05) is 23.9 Å². The van der Waals surface area contributed by atoms with Crippen molar-refractivity contribution in [1.29, 1.82) is 0 Å². The average Bonchev–Trinajstić information content (AvgIpc) is 2.65. The number of thioether (sulfide) groups is 1. The Kier molecular flexibility index (Phi) is 4.31. The van der Waals surface area contributed by atoms with Gasteiger partial charge in [0.2, 0.25) is 0 Å². The first kappa shape index (κ1) is 16.3. The van der Waals surface area contributed by atoms with Gasteiger partial charge in [-0.3, -0.25) is 9.69 Å². The Morgan fingerprint density at radius 3 is 2.60 bits per heavy atom. The zero-order valence-corrected chi connectivity index (χ0v) is 15.1. The molecule has 0 fully saturated rings. The quantitative estimate of drug-likeness (QED) is 0.916. The molecule has 2 heterocycles. The fourth-order valence-electron chi connectivity index (χ4n) is 3.39. The molecule has 2 aliphatic rings. The Bertz CT molecular complexity index is 824. The van der Waals surface area contributed by atoms with Crippen molar-refractivity contribution in [3.8, 4) is 11.5 Å². The van der Waals surface area contributed by atoms with Crippen LogP contribution in [-0.2, 0) is 17.8 Å². The number of nitrogens with one attached hydrogen (secondary N) is 1. The Hall–Kier alpha value is -2.18. The molecule has 25 heavy (non-hydrogen) atoms. The first-order chi connectivity index (χ1) is 12.2. The highest BCUT2D eigenvalue weighted by Crippen LogP contribution is 2.39. The van der Waals surface area contributed by atoms with Crippen molar-refractivity contribution in [2.45, 2.75) is 23.2 Å². The Labute approximate surface area is 151 Å². The van der Waals surface area contributed by atoms with Gasteiger partial charge >= 0.3 is 0 Å². The number of benzene rings is 2. The van der Waals surface area contributed by atoms with Crippen LogP contribution in [0.3, 0.4) is 0 Å². The van der Waals surface area contributed by atoms with Crippen LogP contribution in [0.15, 0.2) is 41.3 Å². The van der Waals surface area contributed by atoms with Gasteiger partial charge in [0.1, 0.15) is 5.37 Å². The smallest absolute Gasteiger partial charge is 0.252 e. The van der Waals surface area contributed by atoms with Crippen molar-refractivity contribution in [1.82, 2.24) is 4.90 Å². The monoisotopic (exact) mass is 356 g/mol. The summed E-state index contributed by atoms with van der Waals surface area (Å²) in [6.07, 6.45) is 0.891. The summed E-state index contributed by atoms with van der Waals surface area (Å²) < 4.78 is 10.8. The van der Waals surface area contributed by atoms with Gasteiger partial charge in [0, 0.05) is 18.0 Å². The molecule has 6 heteroatoms. The summed E-state index contributed by atoms with van der Waals surface area (Å²) in [5.41, 5.74) is 3.35. The van der Waals surface area contributed by atoms with Crippen LogP contribution in [-0.4, -0.2) is 36.9 Å². The van der Waals surface area contributed by atoms with E-state index in [4.69, 9.17) is 9.47 Å². The second-order valence-corrected chi connectivity index (χ2v) is 7.27. The van der Waals surface area contributed by atoms with Crippen molar-refractivity contribution in [2.75, 3.05) is 26.1 Å². The molecular formula is C19H20N2O3S. The molecule has 2 aromatic rings. The average molecular weight is 356 g/mol. The molecule has 0 aromatic heterocycles. The molecule has 2 aromatic carbocycles. The summed E-state index contributed by atoms with van der Waals surface area (Å²) in [5.74, 6) is 1.54. The molecule has 2 aliphatic heterocycles. The molecule has 1 amide bonds. The maximum Gasteiger partial charge on any atom is 0.252 e. The number of hydrogen-bond acceptors (Lipinski definition) is 5. The first-order valence-electron chi connectivity index (χ1n) is 8.24. The van der Waals surface area contributed by atoms with Crippen molar-refractivity contribution in [2.24, 2.45) is 0 Å². The van der Waals surface area contributed by atoms with Crippen LogP contribution in [0.1, 0.15) is 11.1 Å². The third-order valence-corrected chi connectivity index (χ3v) is 6.03. The van der Waals surface area contributed by atoms with E-state index in [1.807, 2.05) is 24.3 Å². The van der Waals surface area contributed by atoms with Gasteiger partial charge in [-0.05, 0) is 41.8 Å². The summed E-state index contributed by atoms with van der Waals surface area (Å²) in [6.45, 7) is 1.57. The van der Waals surface area contributed by atoms with Crippen LogP contribution in [0.5, 0.6) is 11.5 Å². The maximum absolute atomic E-state index is 12.6. The normalized spacial score (nSPS) is 19.6. The number of hydrogen-bond donors (Lipinski definition) is 1. The second-order valence-electron chi connectivity index (χ2n) is 6.15. The van der Waals surface area contributed by atoms with Gasteiger partial charge in [0.15, 0.2) is 11.5 Å². The van der Waals surface area contributed by atoms with E-state index in [1.165, 1.54) is 11.1 Å². The zero-order valence-electron chi connectivity index (χ0n) is 14.2. The van der Waals surface area contributed by atoms with Crippen LogP contribution in [0, 0.1) is 0 Å². The van der Waals surface area contributed by atoms with Crippen molar-refractivity contribution in [3.05, 3.63) is 47.5 Å². The molecular weight excluding hydrogens is 336 g/mol. The minimum Gasteiger partial charge on any atom is -0.493 e. The molecule has 0 saturated heterocycles. The molecule has 0 radical (unpaired) electrons. The standard InChI is InChI=1S/C19H20N2O3S/c1-23-15-9-12-7-8-21(11-13(12)10-16(15)24-2)19-18(22)20-14-5-3-4-6-17(14)25-19/h3-6,9-10,19H,7-8,11H2,1-2H3,(H,20,22). The van der Waals surface area contributed by atoms with E-state index >= 15 is 0 Å². The highest BCUT2D eigenvalue weighted by Gasteiger charge is 2.34. The highest BCUT2D eigenvalue weighted by molar-refractivity contribution is 8.00. The van der Waals surface area contributed by atoms with E-state index in [1.54, 1.807) is 26.0 Å². The molecule has 4 rings (SSSR count). The number of carbonyl (C=O) groups is 1. The summed E-state index contributed by atoms with van der Waals surface area (Å²) in [6, 6.07) is 12.0. The lowest BCUT2D eigenvalue weighted by Gasteiger charge is -2.36. The third-order valence-electron chi connectivity index (χ3n) is 4.69. The second kappa shape index (κ2) is 6.61. The van der Waals surface area contributed by atoms with E-state index < -0.39 is 0 Å². The number of nitrogens with zero attached hydrogens (tertiary/aromatic N) is 1. The number of carbonyl (C=O) groups excluding carboxylic acids is 1. The lowest BCUT2D eigenvalue weighted by atomic mass is 9.98. The largest absolute Gasteiger partial charge is 0.493 e. The molecule has 1 N–H and O–H groups in total. The first-order valence-corrected chi connectivity index (χ1v) is 9.12. The van der Waals surface area contributed by atoms with Gasteiger partial charge in [0.05, 0.1) is 19.9 Å². The lowest BCUT2D eigenvalue weighted by Crippen LogP contribution is -2.45. The van der Waals surface area contributed by atoms with E-state index in [0.717, 1.165) is 41.6 Å². The van der Waals surface area contributed by atoms with Crippen LogP contribution < -0.4 is 14.8 Å². The summed E-state index contributed by atoms with van der Waals surface area (Å²) in [5, 5.41) is 2.81. The highest BCUT2D eigenvalue weighted by atomic mass is 32.2. The number of anilines is 1. The molecule has 0 spiro atoms. The lowest BCUT2D eigenvalue weighted by molar-refractivity contribution is -0.118. The summed E-state index contributed by atoms with van der Waals surface area (Å²) >= 11 is 1.62. The van der Waals surface area contributed by atoms with Crippen LogP contribution in [0.25, 0.3) is 0 Å². The summed E-state index contributed by atoms with van der Waals surface area (Å²) in [7, 11) is 3.30. The Morgan fingerprint density at radius 2 is 1.84 bits per heavy atom. The van der Waals surface area contributed by atoms with Gasteiger partial charge in [-0.25, -0.2) is 0 Å². The van der Waals surface area contributed by atoms with Crippen LogP contribution in [0.4, 0.5) is 5.69 Å². The molecule has 0 aliphatic carbocycles. The molecule has 5 nitrogen and oxygen atoms in total. The number of ether oxygens (including phenoxy) is 2. The van der Waals surface area contributed by atoms with Crippen molar-refractivity contribution >= 4 is 23.4 Å². The van der Waals surface area contributed by atoms with Gasteiger partial charge < -0.3 is 14.8 Å². The van der Waals surface area contributed by atoms with Gasteiger partial charge in [0.25, 0.3) is 5.91 Å². The van der Waals surface area contributed by atoms with Crippen molar-refractivity contribution < 1.29 is 14.3 Å². The van der Waals surface area contributed by atoms with E-state index in [-0.39, 0.29) is 11.3 Å². The van der Waals surface area contributed by atoms with Crippen LogP contribution >= 0.6 is 11.8 Å². The molecule has 130 valence electrons. The van der Waals surface area contributed by atoms with E-state index in [2.05, 4.69) is 22.3 Å². The van der Waals surface area contributed by atoms with Crippen LogP contribution in [0.2, 0.25) is 0 Å². The predicted molar refractivity (Wildman–Crippen MR) is 98.4 cm³/mol. The minimum absolute atomic E-state index is 0.0487. The molecule has 1 unspecified atom stereocenters.